The third kappa shape index (κ3) is 6.51. The summed E-state index contributed by atoms with van der Waals surface area (Å²) >= 11 is 0. The number of carbonyl (C=O) groups excluding carboxylic acids is 2. The Balaban J connectivity index is 1.75. The maximum absolute atomic E-state index is 13.4. The molecule has 0 bridgehead atoms. The van der Waals surface area contributed by atoms with E-state index < -0.39 is 0 Å². The van der Waals surface area contributed by atoms with Crippen molar-refractivity contribution in [2.45, 2.75) is 52.7 Å². The van der Waals surface area contributed by atoms with Crippen LogP contribution >= 0.6 is 0 Å². The molecule has 1 atom stereocenters. The fraction of sp³-hybridized carbons (Fsp3) is 0.385. The predicted molar refractivity (Wildman–Crippen MR) is 130 cm³/mol. The van der Waals surface area contributed by atoms with Gasteiger partial charge in [0.15, 0.2) is 0 Å². The second kappa shape index (κ2) is 11.4. The van der Waals surface area contributed by atoms with E-state index in [0.717, 1.165) is 18.5 Å². The number of aromatic nitrogens is 1. The van der Waals surface area contributed by atoms with Gasteiger partial charge in [0.25, 0.3) is 0 Å². The zero-order valence-corrected chi connectivity index (χ0v) is 20.0. The first kappa shape index (κ1) is 24.2. The van der Waals surface area contributed by atoms with E-state index in [-0.39, 0.29) is 24.5 Å². The van der Waals surface area contributed by atoms with Gasteiger partial charge in [-0.2, -0.15) is 0 Å². The zero-order chi connectivity index (χ0) is 23.8. The molecule has 3 rings (SSSR count). The molecule has 0 aliphatic heterocycles. The van der Waals surface area contributed by atoms with Gasteiger partial charge in [-0.15, -0.1) is 0 Å². The van der Waals surface area contributed by atoms with Crippen LogP contribution in [0.25, 0.3) is 0 Å². The Hall–Kier alpha value is -3.48. The SMILES string of the molecule is CCc1ccc(NC(=O)N(CC(=O)N(Cc2ccco2)Cc2cccn2C)C(C)CC)cc1. The Morgan fingerprint density at radius 1 is 1.06 bits per heavy atom. The maximum atomic E-state index is 13.4. The van der Waals surface area contributed by atoms with Gasteiger partial charge in [-0.3, -0.25) is 4.79 Å². The van der Waals surface area contributed by atoms with Gasteiger partial charge in [-0.1, -0.05) is 26.0 Å². The van der Waals surface area contributed by atoms with E-state index in [1.807, 2.05) is 80.2 Å². The highest BCUT2D eigenvalue weighted by atomic mass is 16.3. The Labute approximate surface area is 196 Å². The summed E-state index contributed by atoms with van der Waals surface area (Å²) in [5.41, 5.74) is 2.93. The smallest absolute Gasteiger partial charge is 0.322 e. The van der Waals surface area contributed by atoms with Gasteiger partial charge in [0.2, 0.25) is 5.91 Å². The summed E-state index contributed by atoms with van der Waals surface area (Å²) in [6.45, 7) is 6.81. The molecule has 0 radical (unpaired) electrons. The van der Waals surface area contributed by atoms with Crippen LogP contribution in [-0.2, 0) is 31.4 Å². The molecule has 3 amide bonds. The number of hydrogen-bond acceptors (Lipinski definition) is 3. The van der Waals surface area contributed by atoms with Crippen molar-refractivity contribution in [3.63, 3.8) is 0 Å². The average molecular weight is 451 g/mol. The molecule has 1 N–H and O–H groups in total. The molecule has 1 unspecified atom stereocenters. The van der Waals surface area contributed by atoms with E-state index in [2.05, 4.69) is 12.2 Å². The van der Waals surface area contributed by atoms with Gasteiger partial charge in [0.1, 0.15) is 12.3 Å². The molecule has 0 saturated carbocycles. The fourth-order valence-corrected chi connectivity index (χ4v) is 3.59. The molecule has 1 aromatic carbocycles. The van der Waals surface area contributed by atoms with Crippen LogP contribution in [0.5, 0.6) is 0 Å². The summed E-state index contributed by atoms with van der Waals surface area (Å²) in [4.78, 5) is 29.9. The summed E-state index contributed by atoms with van der Waals surface area (Å²) in [6.07, 6.45) is 5.23. The van der Waals surface area contributed by atoms with E-state index in [1.165, 1.54) is 5.56 Å². The first-order chi connectivity index (χ1) is 15.9. The van der Waals surface area contributed by atoms with Gasteiger partial charge in [0, 0.05) is 30.7 Å². The van der Waals surface area contributed by atoms with Crippen molar-refractivity contribution < 1.29 is 14.0 Å². The van der Waals surface area contributed by atoms with E-state index in [9.17, 15) is 9.59 Å². The number of rotatable bonds is 10. The number of nitrogens with one attached hydrogen (secondary N) is 1. The molecule has 0 saturated heterocycles. The van der Waals surface area contributed by atoms with E-state index in [0.29, 0.717) is 24.5 Å². The molecule has 3 aromatic rings. The number of hydrogen-bond donors (Lipinski definition) is 1. The molecule has 7 heteroatoms. The standard InChI is InChI=1S/C26H34N4O3/c1-5-20(3)30(26(32)27-22-13-11-21(6-2)12-14-22)19-25(31)29(18-24-10-8-16-33-24)17-23-9-7-15-28(23)4/h7-16,20H,5-6,17-19H2,1-4H3,(H,27,32). The van der Waals surface area contributed by atoms with E-state index in [1.54, 1.807) is 16.1 Å². The van der Waals surface area contributed by atoms with Crippen LogP contribution in [-0.4, -0.2) is 38.9 Å². The van der Waals surface area contributed by atoms with Gasteiger partial charge in [-0.05, 0) is 61.7 Å². The summed E-state index contributed by atoms with van der Waals surface area (Å²) < 4.78 is 7.48. The van der Waals surface area contributed by atoms with Crippen molar-refractivity contribution in [1.29, 1.82) is 0 Å². The van der Waals surface area contributed by atoms with Crippen LogP contribution in [0.1, 0.15) is 44.2 Å². The number of furan rings is 1. The number of urea groups is 1. The summed E-state index contributed by atoms with van der Waals surface area (Å²) in [5.74, 6) is 0.567. The highest BCUT2D eigenvalue weighted by Crippen LogP contribution is 2.16. The molecule has 0 fully saturated rings. The minimum absolute atomic E-state index is 0.0149. The number of benzene rings is 1. The highest BCUT2D eigenvalue weighted by molar-refractivity contribution is 5.92. The molecular weight excluding hydrogens is 416 g/mol. The lowest BCUT2D eigenvalue weighted by Gasteiger charge is -2.31. The fourth-order valence-electron chi connectivity index (χ4n) is 3.59. The van der Waals surface area contributed by atoms with Crippen molar-refractivity contribution in [2.24, 2.45) is 7.05 Å². The van der Waals surface area contributed by atoms with Crippen molar-refractivity contribution in [3.05, 3.63) is 78.0 Å². The second-order valence-corrected chi connectivity index (χ2v) is 8.31. The van der Waals surface area contributed by atoms with Crippen LogP contribution in [0, 0.1) is 0 Å². The number of amides is 3. The molecule has 0 aliphatic rings. The van der Waals surface area contributed by atoms with Gasteiger partial charge < -0.3 is 24.1 Å². The lowest BCUT2D eigenvalue weighted by atomic mass is 10.1. The normalized spacial score (nSPS) is 11.8. The molecule has 2 aromatic heterocycles. The number of nitrogens with zero attached hydrogens (tertiary/aromatic N) is 3. The van der Waals surface area contributed by atoms with Gasteiger partial charge >= 0.3 is 6.03 Å². The lowest BCUT2D eigenvalue weighted by Crippen LogP contribution is -2.48. The van der Waals surface area contributed by atoms with Crippen LogP contribution in [0.4, 0.5) is 10.5 Å². The second-order valence-electron chi connectivity index (χ2n) is 8.31. The maximum Gasteiger partial charge on any atom is 0.322 e. The molecule has 2 heterocycles. The van der Waals surface area contributed by atoms with Gasteiger partial charge in [-0.25, -0.2) is 4.79 Å². The molecular formula is C26H34N4O3. The van der Waals surface area contributed by atoms with Crippen LogP contribution < -0.4 is 5.32 Å². The highest BCUT2D eigenvalue weighted by Gasteiger charge is 2.26. The minimum Gasteiger partial charge on any atom is -0.467 e. The largest absolute Gasteiger partial charge is 0.467 e. The summed E-state index contributed by atoms with van der Waals surface area (Å²) in [5, 5.41) is 2.95. The van der Waals surface area contributed by atoms with Crippen LogP contribution in [0.2, 0.25) is 0 Å². The molecule has 0 aliphatic carbocycles. The third-order valence-electron chi connectivity index (χ3n) is 5.99. The molecule has 7 nitrogen and oxygen atoms in total. The molecule has 176 valence electrons. The quantitative estimate of drug-likeness (QED) is 0.470. The van der Waals surface area contributed by atoms with Crippen molar-refractivity contribution in [2.75, 3.05) is 11.9 Å². The average Bonchev–Trinajstić information content (AvgIpc) is 3.48. The summed E-state index contributed by atoms with van der Waals surface area (Å²) in [7, 11) is 1.95. The Morgan fingerprint density at radius 2 is 1.82 bits per heavy atom. The van der Waals surface area contributed by atoms with Crippen molar-refractivity contribution >= 4 is 17.6 Å². The molecule has 0 spiro atoms. The third-order valence-corrected chi connectivity index (χ3v) is 5.99. The van der Waals surface area contributed by atoms with Crippen LogP contribution in [0.3, 0.4) is 0 Å². The minimum atomic E-state index is -0.279. The van der Waals surface area contributed by atoms with Crippen molar-refractivity contribution in [3.8, 4) is 0 Å². The number of aryl methyl sites for hydroxylation is 2. The Morgan fingerprint density at radius 3 is 2.39 bits per heavy atom. The predicted octanol–water partition coefficient (Wildman–Crippen LogP) is 5.04. The monoisotopic (exact) mass is 450 g/mol. The zero-order valence-electron chi connectivity index (χ0n) is 20.0. The topological polar surface area (TPSA) is 70.7 Å². The first-order valence-corrected chi connectivity index (χ1v) is 11.5. The van der Waals surface area contributed by atoms with E-state index >= 15 is 0 Å². The van der Waals surface area contributed by atoms with Gasteiger partial charge in [0.05, 0.1) is 19.4 Å². The molecule has 33 heavy (non-hydrogen) atoms. The van der Waals surface area contributed by atoms with Crippen LogP contribution in [0.15, 0.2) is 65.4 Å². The lowest BCUT2D eigenvalue weighted by molar-refractivity contribution is -0.133. The van der Waals surface area contributed by atoms with E-state index in [4.69, 9.17) is 4.42 Å². The summed E-state index contributed by atoms with van der Waals surface area (Å²) in [6, 6.07) is 15.0. The Kier molecular flexibility index (Phi) is 8.35. The van der Waals surface area contributed by atoms with Crippen molar-refractivity contribution in [1.82, 2.24) is 14.4 Å². The first-order valence-electron chi connectivity index (χ1n) is 11.5. The number of anilines is 1. The Bertz CT molecular complexity index is 1020. The number of carbonyl (C=O) groups is 2.